The number of phenolic OH excluding ortho intramolecular Hbond substituents is 1. The number of benzene rings is 2. The molecule has 4 heteroatoms. The largest absolute Gasteiger partial charge is 0.504 e. The molecule has 0 aliphatic heterocycles. The van der Waals surface area contributed by atoms with Crippen LogP contribution < -0.4 is 9.64 Å². The highest BCUT2D eigenvalue weighted by Crippen LogP contribution is 2.26. The molecule has 0 aromatic heterocycles. The molecule has 0 bridgehead atoms. The number of aliphatic imine (C=N–C) groups is 1. The van der Waals surface area contributed by atoms with Gasteiger partial charge in [0.2, 0.25) is 0 Å². The van der Waals surface area contributed by atoms with Gasteiger partial charge in [0.15, 0.2) is 11.5 Å². The lowest BCUT2D eigenvalue weighted by molar-refractivity contribution is 0.373. The maximum Gasteiger partial charge on any atom is 0.160 e. The Balaban J connectivity index is 2.11. The standard InChI is InChI=1S/C18H22N2O2/c1-4-20(5-2)16-9-7-15(8-10-16)19-13-14-6-11-18(22-3)17(21)12-14/h6-13,21H,4-5H2,1-3H3/b19-13+. The van der Waals surface area contributed by atoms with E-state index in [4.69, 9.17) is 4.74 Å². The zero-order valence-corrected chi connectivity index (χ0v) is 13.3. The third-order valence-electron chi connectivity index (χ3n) is 3.54. The van der Waals surface area contributed by atoms with E-state index in [0.717, 1.165) is 24.3 Å². The molecule has 2 rings (SSSR count). The van der Waals surface area contributed by atoms with Gasteiger partial charge in [-0.1, -0.05) is 0 Å². The van der Waals surface area contributed by atoms with Crippen LogP contribution in [0.25, 0.3) is 0 Å². The highest BCUT2D eigenvalue weighted by molar-refractivity contribution is 5.83. The number of hydrogen-bond acceptors (Lipinski definition) is 4. The second-order valence-electron chi connectivity index (χ2n) is 4.88. The maximum atomic E-state index is 9.75. The summed E-state index contributed by atoms with van der Waals surface area (Å²) in [4.78, 5) is 6.72. The van der Waals surface area contributed by atoms with E-state index in [1.54, 1.807) is 18.3 Å². The predicted octanol–water partition coefficient (Wildman–Crippen LogP) is 4.00. The highest BCUT2D eigenvalue weighted by atomic mass is 16.5. The van der Waals surface area contributed by atoms with Gasteiger partial charge in [-0.25, -0.2) is 0 Å². The minimum Gasteiger partial charge on any atom is -0.504 e. The molecule has 0 unspecified atom stereocenters. The average molecular weight is 298 g/mol. The van der Waals surface area contributed by atoms with Gasteiger partial charge in [-0.3, -0.25) is 4.99 Å². The molecule has 2 aromatic rings. The van der Waals surface area contributed by atoms with Crippen molar-refractivity contribution in [1.29, 1.82) is 0 Å². The molecule has 1 N–H and O–H groups in total. The van der Waals surface area contributed by atoms with Gasteiger partial charge in [-0.05, 0) is 61.9 Å². The van der Waals surface area contributed by atoms with Gasteiger partial charge in [-0.15, -0.1) is 0 Å². The number of methoxy groups -OCH3 is 1. The van der Waals surface area contributed by atoms with E-state index < -0.39 is 0 Å². The van der Waals surface area contributed by atoms with E-state index in [1.807, 2.05) is 18.2 Å². The molecular formula is C18H22N2O2. The molecule has 0 saturated carbocycles. The van der Waals surface area contributed by atoms with Gasteiger partial charge in [0, 0.05) is 25.0 Å². The number of aromatic hydroxyl groups is 1. The molecule has 4 nitrogen and oxygen atoms in total. The third-order valence-corrected chi connectivity index (χ3v) is 3.54. The average Bonchev–Trinajstić information content (AvgIpc) is 2.55. The summed E-state index contributed by atoms with van der Waals surface area (Å²) in [5.74, 6) is 0.573. The molecule has 116 valence electrons. The van der Waals surface area contributed by atoms with Crippen LogP contribution >= 0.6 is 0 Å². The number of rotatable bonds is 6. The molecule has 0 spiro atoms. The van der Waals surface area contributed by atoms with E-state index in [9.17, 15) is 5.11 Å². The SMILES string of the molecule is CCN(CC)c1ccc(/N=C/c2ccc(OC)c(O)c2)cc1. The summed E-state index contributed by atoms with van der Waals surface area (Å²) in [6.45, 7) is 6.27. The van der Waals surface area contributed by atoms with Crippen LogP contribution in [0.5, 0.6) is 11.5 Å². The fraction of sp³-hybridized carbons (Fsp3) is 0.278. The van der Waals surface area contributed by atoms with Gasteiger partial charge in [0.25, 0.3) is 0 Å². The van der Waals surface area contributed by atoms with Crippen molar-refractivity contribution in [2.24, 2.45) is 4.99 Å². The molecule has 0 aliphatic carbocycles. The van der Waals surface area contributed by atoms with Gasteiger partial charge in [0.05, 0.1) is 12.8 Å². The van der Waals surface area contributed by atoms with Crippen LogP contribution in [0.1, 0.15) is 19.4 Å². The lowest BCUT2D eigenvalue weighted by Crippen LogP contribution is -2.21. The van der Waals surface area contributed by atoms with Gasteiger partial charge in [0.1, 0.15) is 0 Å². The lowest BCUT2D eigenvalue weighted by Gasteiger charge is -2.20. The lowest BCUT2D eigenvalue weighted by atomic mass is 10.2. The first-order valence-corrected chi connectivity index (χ1v) is 7.44. The monoisotopic (exact) mass is 298 g/mol. The van der Waals surface area contributed by atoms with Gasteiger partial charge < -0.3 is 14.7 Å². The zero-order chi connectivity index (χ0) is 15.9. The third kappa shape index (κ3) is 3.79. The van der Waals surface area contributed by atoms with Crippen molar-refractivity contribution in [1.82, 2.24) is 0 Å². The van der Waals surface area contributed by atoms with Crippen LogP contribution in [0.4, 0.5) is 11.4 Å². The van der Waals surface area contributed by atoms with Crippen LogP contribution in [0.2, 0.25) is 0 Å². The van der Waals surface area contributed by atoms with Crippen molar-refractivity contribution in [2.45, 2.75) is 13.8 Å². The second-order valence-corrected chi connectivity index (χ2v) is 4.88. The first-order valence-electron chi connectivity index (χ1n) is 7.44. The molecule has 0 atom stereocenters. The van der Waals surface area contributed by atoms with E-state index in [2.05, 4.69) is 35.9 Å². The Bertz CT molecular complexity index is 632. The second kappa shape index (κ2) is 7.50. The predicted molar refractivity (Wildman–Crippen MR) is 91.9 cm³/mol. The van der Waals surface area contributed by atoms with E-state index in [0.29, 0.717) is 5.75 Å². The van der Waals surface area contributed by atoms with Gasteiger partial charge in [-0.2, -0.15) is 0 Å². The number of anilines is 1. The molecule has 0 fully saturated rings. The van der Waals surface area contributed by atoms with Crippen LogP contribution in [0.15, 0.2) is 47.5 Å². The fourth-order valence-electron chi connectivity index (χ4n) is 2.27. The summed E-state index contributed by atoms with van der Waals surface area (Å²) in [6, 6.07) is 13.3. The molecule has 0 aliphatic rings. The number of hydrogen-bond donors (Lipinski definition) is 1. The smallest absolute Gasteiger partial charge is 0.160 e. The summed E-state index contributed by atoms with van der Waals surface area (Å²) < 4.78 is 5.02. The Morgan fingerprint density at radius 1 is 1.09 bits per heavy atom. The summed E-state index contributed by atoms with van der Waals surface area (Å²) in [7, 11) is 1.53. The Morgan fingerprint density at radius 2 is 1.77 bits per heavy atom. The van der Waals surface area contributed by atoms with E-state index >= 15 is 0 Å². The Morgan fingerprint density at radius 3 is 2.32 bits per heavy atom. The number of phenols is 1. The fourth-order valence-corrected chi connectivity index (χ4v) is 2.27. The summed E-state index contributed by atoms with van der Waals surface area (Å²) in [5, 5.41) is 9.75. The molecule has 0 saturated heterocycles. The number of ether oxygens (including phenoxy) is 1. The Labute approximate surface area is 131 Å². The van der Waals surface area contributed by atoms with Crippen molar-refractivity contribution >= 4 is 17.6 Å². The molecule has 2 aromatic carbocycles. The van der Waals surface area contributed by atoms with Crippen molar-refractivity contribution in [3.63, 3.8) is 0 Å². The van der Waals surface area contributed by atoms with Crippen LogP contribution in [-0.4, -0.2) is 31.5 Å². The van der Waals surface area contributed by atoms with E-state index in [1.165, 1.54) is 12.8 Å². The Hall–Kier alpha value is -2.49. The highest BCUT2D eigenvalue weighted by Gasteiger charge is 2.02. The summed E-state index contributed by atoms with van der Waals surface area (Å²) in [6.07, 6.45) is 1.73. The van der Waals surface area contributed by atoms with Crippen molar-refractivity contribution in [2.75, 3.05) is 25.1 Å². The van der Waals surface area contributed by atoms with Crippen LogP contribution in [0.3, 0.4) is 0 Å². The first kappa shape index (κ1) is 15.9. The van der Waals surface area contributed by atoms with Crippen LogP contribution in [-0.2, 0) is 0 Å². The molecular weight excluding hydrogens is 276 g/mol. The minimum absolute atomic E-state index is 0.114. The molecule has 0 radical (unpaired) electrons. The van der Waals surface area contributed by atoms with Crippen molar-refractivity contribution < 1.29 is 9.84 Å². The van der Waals surface area contributed by atoms with E-state index in [-0.39, 0.29) is 5.75 Å². The van der Waals surface area contributed by atoms with Crippen LogP contribution in [0, 0.1) is 0 Å². The molecule has 0 amide bonds. The molecule has 22 heavy (non-hydrogen) atoms. The quantitative estimate of drug-likeness (QED) is 0.820. The maximum absolute atomic E-state index is 9.75. The normalized spacial score (nSPS) is 10.9. The minimum atomic E-state index is 0.114. The first-order chi connectivity index (χ1) is 10.7. The molecule has 0 heterocycles. The van der Waals surface area contributed by atoms with Crippen molar-refractivity contribution in [3.8, 4) is 11.5 Å². The summed E-state index contributed by atoms with van der Waals surface area (Å²) >= 11 is 0. The zero-order valence-electron chi connectivity index (χ0n) is 13.3. The number of nitrogens with zero attached hydrogens (tertiary/aromatic N) is 2. The summed E-state index contributed by atoms with van der Waals surface area (Å²) in [5.41, 5.74) is 2.91. The topological polar surface area (TPSA) is 45.1 Å². The Kier molecular flexibility index (Phi) is 5.42. The van der Waals surface area contributed by atoms with Gasteiger partial charge >= 0.3 is 0 Å². The van der Waals surface area contributed by atoms with Crippen molar-refractivity contribution in [3.05, 3.63) is 48.0 Å².